The van der Waals surface area contributed by atoms with Gasteiger partial charge in [-0.15, -0.1) is 0 Å². The topological polar surface area (TPSA) is 122 Å². The number of aliphatic hydroxyl groups is 1. The molecule has 0 saturated carbocycles. The van der Waals surface area contributed by atoms with E-state index in [0.29, 0.717) is 30.8 Å². The summed E-state index contributed by atoms with van der Waals surface area (Å²) in [5.41, 5.74) is 7.10. The van der Waals surface area contributed by atoms with E-state index in [1.807, 2.05) is 12.1 Å². The lowest BCUT2D eigenvalue weighted by molar-refractivity contribution is -0.134. The van der Waals surface area contributed by atoms with Crippen LogP contribution < -0.4 is 15.9 Å². The van der Waals surface area contributed by atoms with Crippen LogP contribution in [0.1, 0.15) is 25.0 Å². The van der Waals surface area contributed by atoms with E-state index in [2.05, 4.69) is 0 Å². The number of carboxylic acid groups (broad SMARTS) is 1. The van der Waals surface area contributed by atoms with E-state index >= 15 is 0 Å². The number of ether oxygens (including phenoxy) is 1. The van der Waals surface area contributed by atoms with Gasteiger partial charge < -0.3 is 30.4 Å². The number of hydrogen-bond donors (Lipinski definition) is 4. The summed E-state index contributed by atoms with van der Waals surface area (Å²) in [4.78, 5) is 9.00. The number of carbonyl (C=O) groups is 1. The molecule has 1 unspecified atom stereocenters. The van der Waals surface area contributed by atoms with E-state index in [4.69, 9.17) is 30.1 Å². The largest absolute Gasteiger partial charge is 0.495 e. The number of fused-ring (bicyclic) bond motifs is 1. The highest BCUT2D eigenvalue weighted by Crippen LogP contribution is 2.26. The van der Waals surface area contributed by atoms with Crippen LogP contribution in [0.15, 0.2) is 18.2 Å². The second kappa shape index (κ2) is 8.63. The standard InChI is InChI=1S/C11H16BNO4.C2H4O2/c13-7-10-8-3-1-4-9(16-6-2-5-14)11(8)12(15)17-10;1-2(3)4/h1,3-4,10,14-15H,2,5-7,13H2;1H3,(H,3,4). The Morgan fingerprint density at radius 1 is 1.52 bits per heavy atom. The average Bonchev–Trinajstić information content (AvgIpc) is 2.76. The minimum atomic E-state index is -0.983. The van der Waals surface area contributed by atoms with E-state index in [1.54, 1.807) is 6.07 Å². The van der Waals surface area contributed by atoms with Crippen LogP contribution in [0.3, 0.4) is 0 Å². The molecule has 116 valence electrons. The van der Waals surface area contributed by atoms with Gasteiger partial charge in [0.25, 0.3) is 5.97 Å². The number of hydrogen-bond acceptors (Lipinski definition) is 6. The lowest BCUT2D eigenvalue weighted by atomic mass is 9.78. The van der Waals surface area contributed by atoms with Gasteiger partial charge in [-0.3, -0.25) is 4.79 Å². The molecule has 1 aliphatic heterocycles. The summed E-state index contributed by atoms with van der Waals surface area (Å²) in [5, 5.41) is 25.9. The lowest BCUT2D eigenvalue weighted by Crippen LogP contribution is -2.30. The molecular weight excluding hydrogens is 277 g/mol. The van der Waals surface area contributed by atoms with Gasteiger partial charge in [0.1, 0.15) is 5.75 Å². The number of benzene rings is 1. The van der Waals surface area contributed by atoms with Crippen LogP contribution in [0, 0.1) is 0 Å². The molecule has 1 aliphatic rings. The zero-order valence-corrected chi connectivity index (χ0v) is 11.9. The Morgan fingerprint density at radius 3 is 2.76 bits per heavy atom. The maximum Gasteiger partial charge on any atom is 0.495 e. The summed E-state index contributed by atoms with van der Waals surface area (Å²) < 4.78 is 10.8. The van der Waals surface area contributed by atoms with Crippen molar-refractivity contribution in [3.8, 4) is 5.75 Å². The summed E-state index contributed by atoms with van der Waals surface area (Å²) in [7, 11) is -0.983. The summed E-state index contributed by atoms with van der Waals surface area (Å²) in [6, 6.07) is 5.50. The molecule has 7 nitrogen and oxygen atoms in total. The Morgan fingerprint density at radius 2 is 2.19 bits per heavy atom. The van der Waals surface area contributed by atoms with E-state index in [0.717, 1.165) is 12.5 Å². The van der Waals surface area contributed by atoms with Gasteiger partial charge in [0, 0.05) is 32.0 Å². The summed E-state index contributed by atoms with van der Waals surface area (Å²) in [6.07, 6.45) is 0.280. The highest BCUT2D eigenvalue weighted by molar-refractivity contribution is 6.62. The third-order valence-electron chi connectivity index (χ3n) is 2.76. The Kier molecular flexibility index (Phi) is 7.17. The van der Waals surface area contributed by atoms with Gasteiger partial charge in [-0.2, -0.15) is 0 Å². The molecule has 2 rings (SSSR count). The van der Waals surface area contributed by atoms with Gasteiger partial charge >= 0.3 is 7.12 Å². The number of carboxylic acids is 1. The highest BCUT2D eigenvalue weighted by atomic mass is 16.5. The molecule has 8 heteroatoms. The van der Waals surface area contributed by atoms with Crippen molar-refractivity contribution in [3.63, 3.8) is 0 Å². The molecule has 0 fully saturated rings. The van der Waals surface area contributed by atoms with Gasteiger partial charge in [-0.25, -0.2) is 0 Å². The van der Waals surface area contributed by atoms with Gasteiger partial charge in [-0.1, -0.05) is 12.1 Å². The van der Waals surface area contributed by atoms with Gasteiger partial charge in [0.15, 0.2) is 0 Å². The molecular formula is C13H20BNO6. The molecule has 1 heterocycles. The van der Waals surface area contributed by atoms with Gasteiger partial charge in [0.05, 0.1) is 12.7 Å². The first kappa shape index (κ1) is 17.4. The van der Waals surface area contributed by atoms with E-state index in [9.17, 15) is 5.02 Å². The molecule has 21 heavy (non-hydrogen) atoms. The van der Waals surface area contributed by atoms with Crippen molar-refractivity contribution in [2.45, 2.75) is 19.4 Å². The van der Waals surface area contributed by atoms with Crippen molar-refractivity contribution in [1.82, 2.24) is 0 Å². The third kappa shape index (κ3) is 5.02. The van der Waals surface area contributed by atoms with Crippen LogP contribution in [-0.2, 0) is 9.45 Å². The molecule has 0 aliphatic carbocycles. The minimum Gasteiger partial charge on any atom is -0.494 e. The molecule has 1 aromatic rings. The third-order valence-corrected chi connectivity index (χ3v) is 2.76. The maximum absolute atomic E-state index is 9.81. The fraction of sp³-hybridized carbons (Fsp3) is 0.462. The van der Waals surface area contributed by atoms with Crippen LogP contribution in [0.5, 0.6) is 5.75 Å². The Hall–Kier alpha value is -1.61. The number of nitrogens with two attached hydrogens (primary N) is 1. The van der Waals surface area contributed by atoms with Crippen LogP contribution in [0.2, 0.25) is 0 Å². The average molecular weight is 297 g/mol. The van der Waals surface area contributed by atoms with Crippen molar-refractivity contribution in [2.24, 2.45) is 5.73 Å². The molecule has 5 N–H and O–H groups in total. The summed E-state index contributed by atoms with van der Waals surface area (Å²) in [6.45, 7) is 1.90. The zero-order chi connectivity index (χ0) is 15.8. The summed E-state index contributed by atoms with van der Waals surface area (Å²) >= 11 is 0. The number of aliphatic carboxylic acids is 1. The Bertz CT molecular complexity index is 466. The van der Waals surface area contributed by atoms with Crippen molar-refractivity contribution in [2.75, 3.05) is 19.8 Å². The van der Waals surface area contributed by atoms with Crippen LogP contribution in [0.25, 0.3) is 0 Å². The van der Waals surface area contributed by atoms with E-state index < -0.39 is 13.1 Å². The first-order valence-electron chi connectivity index (χ1n) is 6.60. The maximum atomic E-state index is 9.81. The molecule has 0 amide bonds. The molecule has 0 bridgehead atoms. The smallest absolute Gasteiger partial charge is 0.494 e. The van der Waals surface area contributed by atoms with Crippen LogP contribution in [-0.4, -0.2) is 48.1 Å². The summed E-state index contributed by atoms with van der Waals surface area (Å²) in [5.74, 6) is -0.237. The molecule has 0 aromatic heterocycles. The number of rotatable bonds is 5. The first-order chi connectivity index (χ1) is 10.0. The Labute approximate surface area is 123 Å². The first-order valence-corrected chi connectivity index (χ1v) is 6.60. The minimum absolute atomic E-state index is 0.0828. The van der Waals surface area contributed by atoms with Crippen LogP contribution >= 0.6 is 0 Å². The lowest BCUT2D eigenvalue weighted by Gasteiger charge is -2.11. The zero-order valence-electron chi connectivity index (χ0n) is 11.9. The second-order valence-corrected chi connectivity index (χ2v) is 4.42. The monoisotopic (exact) mass is 297 g/mol. The second-order valence-electron chi connectivity index (χ2n) is 4.42. The number of aliphatic hydroxyl groups excluding tert-OH is 1. The van der Waals surface area contributed by atoms with E-state index in [1.165, 1.54) is 0 Å². The van der Waals surface area contributed by atoms with Crippen molar-refractivity contribution < 1.29 is 29.4 Å². The quantitative estimate of drug-likeness (QED) is 0.417. The predicted octanol–water partition coefficient (Wildman–Crippen LogP) is -0.744. The SMILES string of the molecule is CC(=O)O.NCC1OB(O)c2c(OCCCO)cccc21. The normalized spacial score (nSPS) is 16.0. The molecule has 0 spiro atoms. The fourth-order valence-electron chi connectivity index (χ4n) is 1.96. The Balaban J connectivity index is 0.000000491. The van der Waals surface area contributed by atoms with Gasteiger partial charge in [0.2, 0.25) is 0 Å². The highest BCUT2D eigenvalue weighted by Gasteiger charge is 2.37. The van der Waals surface area contributed by atoms with Crippen molar-refractivity contribution in [1.29, 1.82) is 0 Å². The van der Waals surface area contributed by atoms with Crippen molar-refractivity contribution >= 4 is 18.6 Å². The molecule has 1 atom stereocenters. The molecule has 1 aromatic carbocycles. The van der Waals surface area contributed by atoms with Crippen LogP contribution in [0.4, 0.5) is 0 Å². The predicted molar refractivity (Wildman–Crippen MR) is 77.4 cm³/mol. The van der Waals surface area contributed by atoms with Crippen molar-refractivity contribution in [3.05, 3.63) is 23.8 Å². The molecule has 0 radical (unpaired) electrons. The van der Waals surface area contributed by atoms with Gasteiger partial charge in [-0.05, 0) is 11.6 Å². The molecule has 0 saturated heterocycles. The fourth-order valence-corrected chi connectivity index (χ4v) is 1.96. The van der Waals surface area contributed by atoms with E-state index in [-0.39, 0.29) is 12.7 Å².